The van der Waals surface area contributed by atoms with Crippen LogP contribution in [0.4, 0.5) is 24.9 Å². The fourth-order valence-corrected chi connectivity index (χ4v) is 5.40. The minimum atomic E-state index is -4.71. The molecule has 2 aliphatic heterocycles. The predicted octanol–water partition coefficient (Wildman–Crippen LogP) is 5.09. The number of benzene rings is 2. The van der Waals surface area contributed by atoms with E-state index in [0.29, 0.717) is 36.9 Å². The molecule has 2 atom stereocenters. The smallest absolute Gasteiger partial charge is 0.429 e. The van der Waals surface area contributed by atoms with E-state index in [-0.39, 0.29) is 22.8 Å². The molecule has 8 nitrogen and oxygen atoms in total. The van der Waals surface area contributed by atoms with Crippen LogP contribution in [0.2, 0.25) is 5.02 Å². The van der Waals surface area contributed by atoms with Crippen molar-refractivity contribution in [3.05, 3.63) is 65.2 Å². The van der Waals surface area contributed by atoms with E-state index in [2.05, 4.69) is 15.3 Å². The summed E-state index contributed by atoms with van der Waals surface area (Å²) < 4.78 is 47.7. The SMILES string of the molecule is Nc1nc(OC(c2ccc(-c3ccc(Cl)cc3)cc2)C(F)(F)F)cc(N2CCC3(CC2)CN[C@H](C(=O)O)C3)n1. The lowest BCUT2D eigenvalue weighted by molar-refractivity contribution is -0.198. The zero-order chi connectivity index (χ0) is 27.8. The second-order valence-corrected chi connectivity index (χ2v) is 10.5. The van der Waals surface area contributed by atoms with Gasteiger partial charge in [0.25, 0.3) is 0 Å². The Hall–Kier alpha value is -3.57. The minimum absolute atomic E-state index is 0.0828. The van der Waals surface area contributed by atoms with E-state index < -0.39 is 24.3 Å². The number of anilines is 2. The average molecular weight is 562 g/mol. The zero-order valence-corrected chi connectivity index (χ0v) is 21.5. The Kier molecular flexibility index (Phi) is 7.30. The summed E-state index contributed by atoms with van der Waals surface area (Å²) in [5.74, 6) is -0.976. The lowest BCUT2D eigenvalue weighted by Gasteiger charge is -2.39. The van der Waals surface area contributed by atoms with E-state index in [1.807, 2.05) is 4.90 Å². The highest BCUT2D eigenvalue weighted by molar-refractivity contribution is 6.30. The molecule has 1 unspecified atom stereocenters. The third-order valence-electron chi connectivity index (χ3n) is 7.44. The molecule has 3 aromatic rings. The molecule has 2 aromatic carbocycles. The first-order valence-corrected chi connectivity index (χ1v) is 12.8. The number of rotatable bonds is 6. The largest absolute Gasteiger partial charge is 0.480 e. The summed E-state index contributed by atoms with van der Waals surface area (Å²) in [4.78, 5) is 21.4. The van der Waals surface area contributed by atoms with Gasteiger partial charge in [-0.25, -0.2) is 0 Å². The Morgan fingerprint density at radius 2 is 1.72 bits per heavy atom. The van der Waals surface area contributed by atoms with Crippen LogP contribution in [-0.4, -0.2) is 52.9 Å². The number of piperidine rings is 1. The van der Waals surface area contributed by atoms with Crippen molar-refractivity contribution >= 4 is 29.3 Å². The number of halogens is 4. The van der Waals surface area contributed by atoms with E-state index in [1.54, 1.807) is 36.4 Å². The van der Waals surface area contributed by atoms with Gasteiger partial charge in [0.15, 0.2) is 0 Å². The summed E-state index contributed by atoms with van der Waals surface area (Å²) in [5, 5.41) is 12.9. The summed E-state index contributed by atoms with van der Waals surface area (Å²) in [6.07, 6.45) is -5.00. The molecule has 0 radical (unpaired) electrons. The van der Waals surface area contributed by atoms with Crippen LogP contribution in [-0.2, 0) is 4.79 Å². The Bertz CT molecular complexity index is 1330. The lowest BCUT2D eigenvalue weighted by Crippen LogP contribution is -2.41. The van der Waals surface area contributed by atoms with E-state index in [1.165, 1.54) is 18.2 Å². The monoisotopic (exact) mass is 561 g/mol. The van der Waals surface area contributed by atoms with Crippen LogP contribution in [0.25, 0.3) is 11.1 Å². The number of aromatic nitrogens is 2. The minimum Gasteiger partial charge on any atom is -0.480 e. The van der Waals surface area contributed by atoms with Crippen molar-refractivity contribution in [2.45, 2.75) is 37.6 Å². The molecule has 12 heteroatoms. The second-order valence-electron chi connectivity index (χ2n) is 10.1. The van der Waals surface area contributed by atoms with Crippen molar-refractivity contribution in [2.24, 2.45) is 5.41 Å². The van der Waals surface area contributed by atoms with Crippen LogP contribution in [0.5, 0.6) is 5.88 Å². The molecule has 0 saturated carbocycles. The van der Waals surface area contributed by atoms with Crippen molar-refractivity contribution in [1.29, 1.82) is 0 Å². The molecular weight excluding hydrogens is 535 g/mol. The van der Waals surface area contributed by atoms with Crippen LogP contribution in [0, 0.1) is 5.41 Å². The Morgan fingerprint density at radius 3 is 2.28 bits per heavy atom. The number of hydrogen-bond acceptors (Lipinski definition) is 7. The summed E-state index contributed by atoms with van der Waals surface area (Å²) in [7, 11) is 0. The highest BCUT2D eigenvalue weighted by atomic mass is 35.5. The molecule has 3 heterocycles. The maximum absolute atomic E-state index is 14.1. The Balaban J connectivity index is 1.32. The summed E-state index contributed by atoms with van der Waals surface area (Å²) in [5.41, 5.74) is 7.20. The van der Waals surface area contributed by atoms with Gasteiger partial charge in [0.05, 0.1) is 0 Å². The van der Waals surface area contributed by atoms with Gasteiger partial charge in [-0.05, 0) is 47.9 Å². The highest BCUT2D eigenvalue weighted by Crippen LogP contribution is 2.41. The number of alkyl halides is 3. The maximum atomic E-state index is 14.1. The topological polar surface area (TPSA) is 114 Å². The summed E-state index contributed by atoms with van der Waals surface area (Å²) in [6, 6.07) is 13.7. The maximum Gasteiger partial charge on any atom is 0.429 e. The molecule has 39 heavy (non-hydrogen) atoms. The van der Waals surface area contributed by atoms with Crippen LogP contribution < -0.4 is 20.7 Å². The molecular formula is C27H27ClF3N5O3. The standard InChI is InChI=1S/C27H27ClF3N5O3/c28-19-7-5-17(6-8-19)16-1-3-18(4-2-16)23(27(29,30)31)39-22-13-21(34-25(32)35-22)36-11-9-26(10-12-36)14-20(24(37)38)33-15-26/h1-8,13,20,23,33H,9-12,14-15H2,(H,37,38)(H2,32,34,35)/t20-,23?/m0/s1. The number of nitrogens with zero attached hydrogens (tertiary/aromatic N) is 3. The molecule has 0 bridgehead atoms. The summed E-state index contributed by atoms with van der Waals surface area (Å²) >= 11 is 5.92. The molecule has 2 fully saturated rings. The number of hydrogen-bond donors (Lipinski definition) is 3. The first-order chi connectivity index (χ1) is 18.5. The molecule has 0 amide bonds. The number of nitrogens with one attached hydrogen (secondary N) is 1. The number of nitrogen functional groups attached to an aromatic ring is 1. The molecule has 4 N–H and O–H groups in total. The molecule has 1 aromatic heterocycles. The fourth-order valence-electron chi connectivity index (χ4n) is 5.27. The van der Waals surface area contributed by atoms with Crippen molar-refractivity contribution < 1.29 is 27.8 Å². The first kappa shape index (κ1) is 27.0. The van der Waals surface area contributed by atoms with E-state index in [9.17, 15) is 23.1 Å². The fraction of sp³-hybridized carbons (Fsp3) is 0.370. The number of carboxylic acids is 1. The van der Waals surface area contributed by atoms with E-state index in [4.69, 9.17) is 22.1 Å². The normalized spacial score (nSPS) is 19.7. The molecule has 2 saturated heterocycles. The molecule has 1 spiro atoms. The number of carboxylic acid groups (broad SMARTS) is 1. The number of nitrogens with two attached hydrogens (primary N) is 1. The number of ether oxygens (including phenoxy) is 1. The third-order valence-corrected chi connectivity index (χ3v) is 7.69. The Morgan fingerprint density at radius 1 is 1.10 bits per heavy atom. The molecule has 206 valence electrons. The van der Waals surface area contributed by atoms with Crippen LogP contribution >= 0.6 is 11.6 Å². The van der Waals surface area contributed by atoms with Crippen molar-refractivity contribution in [2.75, 3.05) is 30.3 Å². The lowest BCUT2D eigenvalue weighted by atomic mass is 9.76. The summed E-state index contributed by atoms with van der Waals surface area (Å²) in [6.45, 7) is 1.72. The van der Waals surface area contributed by atoms with E-state index >= 15 is 0 Å². The van der Waals surface area contributed by atoms with Gasteiger partial charge < -0.3 is 25.8 Å². The highest BCUT2D eigenvalue weighted by Gasteiger charge is 2.45. The number of carbonyl (C=O) groups is 1. The average Bonchev–Trinajstić information content (AvgIpc) is 3.31. The number of aliphatic carboxylic acids is 1. The van der Waals surface area contributed by atoms with Gasteiger partial charge in [-0.2, -0.15) is 23.1 Å². The first-order valence-electron chi connectivity index (χ1n) is 12.5. The van der Waals surface area contributed by atoms with Gasteiger partial charge in [0.2, 0.25) is 17.9 Å². The van der Waals surface area contributed by atoms with Gasteiger partial charge >= 0.3 is 12.1 Å². The van der Waals surface area contributed by atoms with Crippen molar-refractivity contribution in [3.8, 4) is 17.0 Å². The van der Waals surface area contributed by atoms with E-state index in [0.717, 1.165) is 24.0 Å². The quantitative estimate of drug-likeness (QED) is 0.381. The van der Waals surface area contributed by atoms with Crippen LogP contribution in [0.1, 0.15) is 30.9 Å². The molecule has 2 aliphatic rings. The van der Waals surface area contributed by atoms with Gasteiger partial charge in [-0.1, -0.05) is 48.0 Å². The van der Waals surface area contributed by atoms with Crippen LogP contribution in [0.15, 0.2) is 54.6 Å². The molecule has 5 rings (SSSR count). The molecule has 0 aliphatic carbocycles. The van der Waals surface area contributed by atoms with Gasteiger partial charge in [0, 0.05) is 36.3 Å². The third kappa shape index (κ3) is 6.04. The van der Waals surface area contributed by atoms with Crippen molar-refractivity contribution in [3.63, 3.8) is 0 Å². The van der Waals surface area contributed by atoms with Crippen LogP contribution in [0.3, 0.4) is 0 Å². The zero-order valence-electron chi connectivity index (χ0n) is 20.8. The second kappa shape index (κ2) is 10.5. The van der Waals surface area contributed by atoms with Gasteiger partial charge in [0.1, 0.15) is 11.9 Å². The van der Waals surface area contributed by atoms with Crippen molar-refractivity contribution in [1.82, 2.24) is 15.3 Å². The van der Waals surface area contributed by atoms with Gasteiger partial charge in [-0.3, -0.25) is 4.79 Å². The van der Waals surface area contributed by atoms with Gasteiger partial charge in [-0.15, -0.1) is 0 Å². The predicted molar refractivity (Wildman–Crippen MR) is 141 cm³/mol. The Labute approximate surface area is 228 Å².